The molecule has 1 unspecified atom stereocenters. The van der Waals surface area contributed by atoms with Gasteiger partial charge in [0, 0.05) is 35.3 Å². The molecule has 0 aliphatic rings. The molecule has 0 amide bonds. The minimum atomic E-state index is -0.981. The van der Waals surface area contributed by atoms with Crippen molar-refractivity contribution >= 4 is 49.1 Å². The molecule has 0 rings (SSSR count). The van der Waals surface area contributed by atoms with E-state index < -0.39 is 23.9 Å². The lowest BCUT2D eigenvalue weighted by Crippen LogP contribution is -1.88. The smallest absolute Gasteiger partial charge is 0.327 e. The molecule has 0 aliphatic carbocycles. The minimum Gasteiger partial charge on any atom is -0.478 e. The molecular formula is C15H24O8S2. The van der Waals surface area contributed by atoms with Gasteiger partial charge in [-0.15, -0.1) is 0 Å². The van der Waals surface area contributed by atoms with E-state index in [0.29, 0.717) is 5.25 Å². The van der Waals surface area contributed by atoms with Crippen LogP contribution in [-0.4, -0.2) is 55.3 Å². The maximum atomic E-state index is 9.25. The SMILES string of the molecule is C=CC(=O)O.C=CC(=O)O.C=CC(=O)O.C=CC(=O)O.CC(S)CS. The highest BCUT2D eigenvalue weighted by molar-refractivity contribution is 7.84. The summed E-state index contributed by atoms with van der Waals surface area (Å²) in [4.78, 5) is 37.0. The van der Waals surface area contributed by atoms with Crippen molar-refractivity contribution in [2.24, 2.45) is 0 Å². The van der Waals surface area contributed by atoms with Gasteiger partial charge in [-0.3, -0.25) is 0 Å². The molecule has 0 radical (unpaired) electrons. The lowest BCUT2D eigenvalue weighted by Gasteiger charge is -1.89. The van der Waals surface area contributed by atoms with Crippen LogP contribution in [0.1, 0.15) is 6.92 Å². The number of thiol groups is 2. The highest BCUT2D eigenvalue weighted by Gasteiger charge is 1.81. The predicted octanol–water partition coefficient (Wildman–Crippen LogP) is 2.26. The maximum absolute atomic E-state index is 9.25. The molecule has 0 aliphatic heterocycles. The van der Waals surface area contributed by atoms with Gasteiger partial charge in [0.15, 0.2) is 0 Å². The summed E-state index contributed by atoms with van der Waals surface area (Å²) in [7, 11) is 0. The molecule has 10 heteroatoms. The third kappa shape index (κ3) is 145. The third-order valence-electron chi connectivity index (χ3n) is 0.963. The Morgan fingerprint density at radius 3 is 0.840 bits per heavy atom. The number of carbonyl (C=O) groups is 4. The summed E-state index contributed by atoms with van der Waals surface area (Å²) in [6, 6.07) is 0. The second kappa shape index (κ2) is 29.5. The summed E-state index contributed by atoms with van der Waals surface area (Å²) >= 11 is 7.96. The minimum absolute atomic E-state index is 0.443. The number of hydrogen-bond acceptors (Lipinski definition) is 6. The third-order valence-corrected chi connectivity index (χ3v) is 1.98. The van der Waals surface area contributed by atoms with Crippen LogP contribution in [0, 0.1) is 0 Å². The first-order valence-electron chi connectivity index (χ1n) is 6.06. The van der Waals surface area contributed by atoms with Gasteiger partial charge in [-0.25, -0.2) is 19.2 Å². The van der Waals surface area contributed by atoms with Gasteiger partial charge in [-0.2, -0.15) is 25.3 Å². The second-order valence-corrected chi connectivity index (χ2v) is 4.45. The Labute approximate surface area is 157 Å². The summed E-state index contributed by atoms with van der Waals surface area (Å²) in [5, 5.41) is 30.9. The molecular weight excluding hydrogens is 372 g/mol. The van der Waals surface area contributed by atoms with Crippen molar-refractivity contribution < 1.29 is 39.6 Å². The van der Waals surface area contributed by atoms with E-state index in [2.05, 4.69) is 51.6 Å². The zero-order valence-corrected chi connectivity index (χ0v) is 15.5. The van der Waals surface area contributed by atoms with Crippen LogP contribution in [0.3, 0.4) is 0 Å². The van der Waals surface area contributed by atoms with Gasteiger partial charge in [0.2, 0.25) is 0 Å². The molecule has 0 heterocycles. The van der Waals surface area contributed by atoms with Crippen LogP contribution in [0.5, 0.6) is 0 Å². The van der Waals surface area contributed by atoms with E-state index in [1.165, 1.54) is 0 Å². The standard InChI is InChI=1S/4C3H4O2.C3H8S2/c4*1-2-3(4)5;1-3(5)2-4/h4*2H,1H2,(H,4,5);3-5H,2H2,1H3. The van der Waals surface area contributed by atoms with Gasteiger partial charge >= 0.3 is 23.9 Å². The monoisotopic (exact) mass is 396 g/mol. The molecule has 25 heavy (non-hydrogen) atoms. The molecule has 8 nitrogen and oxygen atoms in total. The fraction of sp³-hybridized carbons (Fsp3) is 0.200. The van der Waals surface area contributed by atoms with E-state index in [9.17, 15) is 19.2 Å². The van der Waals surface area contributed by atoms with Gasteiger partial charge in [0.1, 0.15) is 0 Å². The molecule has 0 aromatic carbocycles. The molecule has 0 saturated heterocycles. The largest absolute Gasteiger partial charge is 0.478 e. The van der Waals surface area contributed by atoms with Crippen molar-refractivity contribution in [3.05, 3.63) is 50.6 Å². The normalized spacial score (nSPS) is 8.12. The van der Waals surface area contributed by atoms with Gasteiger partial charge in [0.05, 0.1) is 0 Å². The molecule has 4 N–H and O–H groups in total. The first-order chi connectivity index (χ1) is 11.4. The fourth-order valence-electron chi connectivity index (χ4n) is 0. The van der Waals surface area contributed by atoms with E-state index in [1.807, 2.05) is 6.92 Å². The van der Waals surface area contributed by atoms with Crippen LogP contribution < -0.4 is 0 Å². The van der Waals surface area contributed by atoms with Crippen LogP contribution in [0.15, 0.2) is 50.6 Å². The zero-order chi connectivity index (χ0) is 21.4. The van der Waals surface area contributed by atoms with Crippen LogP contribution in [0.25, 0.3) is 0 Å². The summed E-state index contributed by atoms with van der Waals surface area (Å²) < 4.78 is 0. The molecule has 0 aromatic rings. The molecule has 0 saturated carbocycles. The molecule has 0 fully saturated rings. The van der Waals surface area contributed by atoms with E-state index >= 15 is 0 Å². The second-order valence-electron chi connectivity index (χ2n) is 3.20. The van der Waals surface area contributed by atoms with Crippen molar-refractivity contribution in [1.29, 1.82) is 0 Å². The average Bonchev–Trinajstić information content (AvgIpc) is 2.56. The molecule has 1 atom stereocenters. The Kier molecular flexibility index (Phi) is 40.2. The Hall–Kier alpha value is -2.46. The Balaban J connectivity index is -0.0000000667. The number of rotatable bonds is 5. The zero-order valence-electron chi connectivity index (χ0n) is 13.7. The van der Waals surface area contributed by atoms with Crippen LogP contribution in [0.4, 0.5) is 0 Å². The first kappa shape index (κ1) is 34.0. The van der Waals surface area contributed by atoms with Gasteiger partial charge in [-0.1, -0.05) is 33.2 Å². The molecule has 0 aromatic heterocycles. The van der Waals surface area contributed by atoms with Crippen molar-refractivity contribution in [2.75, 3.05) is 5.75 Å². The molecule has 0 spiro atoms. The van der Waals surface area contributed by atoms with Crippen LogP contribution in [0.2, 0.25) is 0 Å². The van der Waals surface area contributed by atoms with E-state index in [1.54, 1.807) is 0 Å². The van der Waals surface area contributed by atoms with E-state index in [-0.39, 0.29) is 0 Å². The lowest BCUT2D eigenvalue weighted by molar-refractivity contribution is -0.132. The van der Waals surface area contributed by atoms with Crippen molar-refractivity contribution in [1.82, 2.24) is 0 Å². The summed E-state index contributed by atoms with van der Waals surface area (Å²) in [6.45, 7) is 13.9. The average molecular weight is 396 g/mol. The van der Waals surface area contributed by atoms with Crippen molar-refractivity contribution in [2.45, 2.75) is 12.2 Å². The molecule has 144 valence electrons. The highest BCUT2D eigenvalue weighted by atomic mass is 32.1. The quantitative estimate of drug-likeness (QED) is 0.306. The van der Waals surface area contributed by atoms with Crippen LogP contribution in [-0.2, 0) is 19.2 Å². The Morgan fingerprint density at radius 2 is 0.840 bits per heavy atom. The van der Waals surface area contributed by atoms with Crippen molar-refractivity contribution in [3.63, 3.8) is 0 Å². The number of hydrogen-bond donors (Lipinski definition) is 6. The molecule has 0 bridgehead atoms. The summed E-state index contributed by atoms with van der Waals surface area (Å²) in [6.07, 6.45) is 3.33. The topological polar surface area (TPSA) is 149 Å². The van der Waals surface area contributed by atoms with Crippen molar-refractivity contribution in [3.8, 4) is 0 Å². The van der Waals surface area contributed by atoms with Crippen LogP contribution >= 0.6 is 25.3 Å². The first-order valence-corrected chi connectivity index (χ1v) is 7.21. The number of carboxylic acids is 4. The highest BCUT2D eigenvalue weighted by Crippen LogP contribution is 1.91. The number of aliphatic carboxylic acids is 4. The Morgan fingerprint density at radius 1 is 0.760 bits per heavy atom. The van der Waals surface area contributed by atoms with E-state index in [4.69, 9.17) is 20.4 Å². The van der Waals surface area contributed by atoms with Gasteiger partial charge in [0.25, 0.3) is 0 Å². The maximum Gasteiger partial charge on any atom is 0.327 e. The fourth-order valence-corrected chi connectivity index (χ4v) is 0. The summed E-state index contributed by atoms with van der Waals surface area (Å²) in [5.74, 6) is -3.06. The van der Waals surface area contributed by atoms with Gasteiger partial charge < -0.3 is 20.4 Å². The van der Waals surface area contributed by atoms with Gasteiger partial charge in [-0.05, 0) is 0 Å². The predicted molar refractivity (Wildman–Crippen MR) is 104 cm³/mol. The van der Waals surface area contributed by atoms with E-state index in [0.717, 1.165) is 30.1 Å². The lowest BCUT2D eigenvalue weighted by atomic mass is 10.6. The number of carboxylic acid groups (broad SMARTS) is 4. The Bertz CT molecular complexity index is 359. The summed E-state index contributed by atoms with van der Waals surface area (Å²) in [5.41, 5.74) is 0.